The lowest BCUT2D eigenvalue weighted by Gasteiger charge is -2.10. The highest BCUT2D eigenvalue weighted by molar-refractivity contribution is 6.44. The first-order valence-corrected chi connectivity index (χ1v) is 10.9. The molecule has 0 radical (unpaired) electrons. The SMILES string of the molecule is O=C(COc1cccc(/C=N\NC(=O)C(=O)NC[C@@H]2CCCO2)c1)Nc1cccc(Cl)c1Cl. The van der Waals surface area contributed by atoms with Gasteiger partial charge in [0, 0.05) is 13.2 Å². The molecular weight excluding hydrogens is 471 g/mol. The van der Waals surface area contributed by atoms with Crippen LogP contribution in [0.4, 0.5) is 5.69 Å². The zero-order chi connectivity index (χ0) is 23.6. The number of rotatable bonds is 8. The van der Waals surface area contributed by atoms with Crippen LogP contribution < -0.4 is 20.8 Å². The maximum absolute atomic E-state index is 12.1. The van der Waals surface area contributed by atoms with Crippen molar-refractivity contribution in [2.45, 2.75) is 18.9 Å². The first kappa shape index (κ1) is 24.5. The van der Waals surface area contributed by atoms with Gasteiger partial charge in [-0.1, -0.05) is 41.4 Å². The average molecular weight is 493 g/mol. The van der Waals surface area contributed by atoms with E-state index in [2.05, 4.69) is 21.2 Å². The van der Waals surface area contributed by atoms with Gasteiger partial charge in [0.25, 0.3) is 5.91 Å². The van der Waals surface area contributed by atoms with E-state index in [1.165, 1.54) is 6.21 Å². The molecule has 1 aliphatic heterocycles. The summed E-state index contributed by atoms with van der Waals surface area (Å²) in [5.74, 6) is -1.68. The molecule has 1 heterocycles. The zero-order valence-electron chi connectivity index (χ0n) is 17.5. The standard InChI is InChI=1S/C22H22Cl2N4O5/c23-17-7-2-8-18(20(17)24)27-19(29)13-33-15-5-1-4-14(10-15)11-26-28-22(31)21(30)25-12-16-6-3-9-32-16/h1-2,4-5,7-8,10-11,16H,3,6,9,12-13H2,(H,25,30)(H,27,29)(H,28,31)/b26-11-/t16-/m0/s1. The minimum atomic E-state index is -0.881. The molecule has 1 fully saturated rings. The molecule has 3 rings (SSSR count). The fraction of sp³-hybridized carbons (Fsp3) is 0.273. The molecule has 2 aromatic carbocycles. The number of anilines is 1. The maximum Gasteiger partial charge on any atom is 0.329 e. The molecule has 0 spiro atoms. The topological polar surface area (TPSA) is 118 Å². The fourth-order valence-corrected chi connectivity index (χ4v) is 3.28. The lowest BCUT2D eigenvalue weighted by Crippen LogP contribution is -2.41. The molecule has 1 atom stereocenters. The van der Waals surface area contributed by atoms with Crippen LogP contribution in [0.3, 0.4) is 0 Å². The Labute approximate surface area is 200 Å². The van der Waals surface area contributed by atoms with Gasteiger partial charge in [0.1, 0.15) is 5.75 Å². The smallest absolute Gasteiger partial charge is 0.329 e. The summed E-state index contributed by atoms with van der Waals surface area (Å²) in [6.07, 6.45) is 3.09. The van der Waals surface area contributed by atoms with Gasteiger partial charge in [0.05, 0.1) is 28.1 Å². The first-order valence-electron chi connectivity index (χ1n) is 10.1. The Morgan fingerprint density at radius 2 is 1.97 bits per heavy atom. The summed E-state index contributed by atoms with van der Waals surface area (Å²) in [6, 6.07) is 11.6. The van der Waals surface area contributed by atoms with Crippen LogP contribution in [0.2, 0.25) is 10.0 Å². The molecule has 0 aliphatic carbocycles. The monoisotopic (exact) mass is 492 g/mol. The number of hydrogen-bond acceptors (Lipinski definition) is 6. The molecular formula is C22H22Cl2N4O5. The van der Waals surface area contributed by atoms with Crippen LogP contribution in [0.25, 0.3) is 0 Å². The Morgan fingerprint density at radius 1 is 1.15 bits per heavy atom. The number of nitrogens with one attached hydrogen (secondary N) is 3. The van der Waals surface area contributed by atoms with Gasteiger partial charge in [-0.3, -0.25) is 14.4 Å². The Morgan fingerprint density at radius 3 is 2.76 bits per heavy atom. The van der Waals surface area contributed by atoms with E-state index >= 15 is 0 Å². The van der Waals surface area contributed by atoms with Crippen molar-refractivity contribution in [2.24, 2.45) is 5.10 Å². The van der Waals surface area contributed by atoms with Gasteiger partial charge in [-0.2, -0.15) is 5.10 Å². The van der Waals surface area contributed by atoms with E-state index in [9.17, 15) is 14.4 Å². The van der Waals surface area contributed by atoms with Gasteiger partial charge in [-0.25, -0.2) is 5.43 Å². The minimum absolute atomic E-state index is 0.0578. The van der Waals surface area contributed by atoms with E-state index in [1.807, 2.05) is 0 Å². The molecule has 3 N–H and O–H groups in total. The van der Waals surface area contributed by atoms with Crippen molar-refractivity contribution in [3.63, 3.8) is 0 Å². The van der Waals surface area contributed by atoms with Crippen molar-refractivity contribution in [3.05, 3.63) is 58.1 Å². The normalized spacial score (nSPS) is 15.3. The van der Waals surface area contributed by atoms with E-state index in [0.717, 1.165) is 12.8 Å². The summed E-state index contributed by atoms with van der Waals surface area (Å²) in [4.78, 5) is 35.7. The van der Waals surface area contributed by atoms with Gasteiger partial charge >= 0.3 is 11.8 Å². The molecule has 1 saturated heterocycles. The molecule has 3 amide bonds. The molecule has 0 aromatic heterocycles. The summed E-state index contributed by atoms with van der Waals surface area (Å²) < 4.78 is 10.9. The number of nitrogens with zero attached hydrogens (tertiary/aromatic N) is 1. The van der Waals surface area contributed by atoms with Gasteiger partial charge in [-0.05, 0) is 42.7 Å². The molecule has 9 nitrogen and oxygen atoms in total. The lowest BCUT2D eigenvalue weighted by molar-refractivity contribution is -0.139. The molecule has 0 unspecified atom stereocenters. The van der Waals surface area contributed by atoms with Crippen molar-refractivity contribution in [1.29, 1.82) is 0 Å². The Hall–Kier alpha value is -3.14. The van der Waals surface area contributed by atoms with Crippen LogP contribution in [0.1, 0.15) is 18.4 Å². The Balaban J connectivity index is 1.44. The van der Waals surface area contributed by atoms with Crippen molar-refractivity contribution in [3.8, 4) is 5.75 Å². The van der Waals surface area contributed by atoms with Gasteiger partial charge in [-0.15, -0.1) is 0 Å². The zero-order valence-corrected chi connectivity index (χ0v) is 19.0. The predicted molar refractivity (Wildman–Crippen MR) is 125 cm³/mol. The number of halogens is 2. The molecule has 33 heavy (non-hydrogen) atoms. The largest absolute Gasteiger partial charge is 0.484 e. The summed E-state index contributed by atoms with van der Waals surface area (Å²) in [5, 5.41) is 9.48. The third kappa shape index (κ3) is 7.74. The van der Waals surface area contributed by atoms with Crippen LogP contribution >= 0.6 is 23.2 Å². The molecule has 0 saturated carbocycles. The summed E-state index contributed by atoms with van der Waals surface area (Å²) >= 11 is 12.0. The van der Waals surface area contributed by atoms with E-state index in [-0.39, 0.29) is 24.3 Å². The Bertz CT molecular complexity index is 1040. The third-order valence-electron chi connectivity index (χ3n) is 4.55. The molecule has 2 aromatic rings. The van der Waals surface area contributed by atoms with Crippen LogP contribution in [0, 0.1) is 0 Å². The van der Waals surface area contributed by atoms with Crippen molar-refractivity contribution in [1.82, 2.24) is 10.7 Å². The van der Waals surface area contributed by atoms with E-state index < -0.39 is 17.7 Å². The molecule has 1 aliphatic rings. The lowest BCUT2D eigenvalue weighted by atomic mass is 10.2. The van der Waals surface area contributed by atoms with Gasteiger partial charge in [0.15, 0.2) is 6.61 Å². The highest BCUT2D eigenvalue weighted by atomic mass is 35.5. The van der Waals surface area contributed by atoms with Crippen molar-refractivity contribution < 1.29 is 23.9 Å². The van der Waals surface area contributed by atoms with E-state index in [4.69, 9.17) is 32.7 Å². The number of amides is 3. The van der Waals surface area contributed by atoms with Gasteiger partial charge in [0.2, 0.25) is 0 Å². The second-order valence-electron chi connectivity index (χ2n) is 7.05. The molecule has 11 heteroatoms. The predicted octanol–water partition coefficient (Wildman–Crippen LogP) is 2.76. The third-order valence-corrected chi connectivity index (χ3v) is 5.37. The first-order chi connectivity index (χ1) is 15.9. The average Bonchev–Trinajstić information content (AvgIpc) is 3.33. The van der Waals surface area contributed by atoms with Gasteiger partial charge < -0.3 is 20.1 Å². The van der Waals surface area contributed by atoms with Crippen LogP contribution in [-0.2, 0) is 19.1 Å². The number of benzene rings is 2. The fourth-order valence-electron chi connectivity index (χ4n) is 2.93. The molecule has 174 valence electrons. The van der Waals surface area contributed by atoms with E-state index in [0.29, 0.717) is 28.6 Å². The maximum atomic E-state index is 12.1. The number of hydrazone groups is 1. The second-order valence-corrected chi connectivity index (χ2v) is 7.84. The van der Waals surface area contributed by atoms with Crippen LogP contribution in [0.15, 0.2) is 47.6 Å². The van der Waals surface area contributed by atoms with Crippen molar-refractivity contribution in [2.75, 3.05) is 25.1 Å². The summed E-state index contributed by atoms with van der Waals surface area (Å²) in [6.45, 7) is 0.693. The van der Waals surface area contributed by atoms with E-state index in [1.54, 1.807) is 42.5 Å². The Kier molecular flexibility index (Phi) is 9.05. The highest BCUT2D eigenvalue weighted by Gasteiger charge is 2.19. The van der Waals surface area contributed by atoms with Crippen LogP contribution in [-0.4, -0.2) is 49.8 Å². The number of ether oxygens (including phenoxy) is 2. The summed E-state index contributed by atoms with van der Waals surface area (Å²) in [5.41, 5.74) is 3.13. The second kappa shape index (κ2) is 12.2. The number of carbonyl (C=O) groups excluding carboxylic acids is 3. The quantitative estimate of drug-likeness (QED) is 0.297. The number of carbonyl (C=O) groups is 3. The summed E-state index contributed by atoms with van der Waals surface area (Å²) in [7, 11) is 0. The molecule has 0 bridgehead atoms. The highest BCUT2D eigenvalue weighted by Crippen LogP contribution is 2.29. The number of hydrogen-bond donors (Lipinski definition) is 3. The van der Waals surface area contributed by atoms with Crippen molar-refractivity contribution >= 4 is 52.8 Å². The van der Waals surface area contributed by atoms with Crippen LogP contribution in [0.5, 0.6) is 5.75 Å². The minimum Gasteiger partial charge on any atom is -0.484 e.